The Morgan fingerprint density at radius 1 is 1.57 bits per heavy atom. The summed E-state index contributed by atoms with van der Waals surface area (Å²) < 4.78 is 5.04. The fraction of sp³-hybridized carbons (Fsp3) is 0.333. The Balaban J connectivity index is 2.83. The van der Waals surface area contributed by atoms with Crippen molar-refractivity contribution in [3.8, 4) is 17.6 Å². The van der Waals surface area contributed by atoms with Crippen LogP contribution in [0, 0.1) is 11.8 Å². The van der Waals surface area contributed by atoms with Gasteiger partial charge in [-0.15, -0.1) is 5.92 Å². The van der Waals surface area contributed by atoms with Crippen molar-refractivity contribution in [2.24, 2.45) is 0 Å². The quantitative estimate of drug-likeness (QED) is 0.609. The highest BCUT2D eigenvalue weighted by Gasteiger charge is 2.08. The summed E-state index contributed by atoms with van der Waals surface area (Å²) in [5.41, 5.74) is 0. The molecule has 0 aliphatic rings. The first-order valence-electron chi connectivity index (χ1n) is 3.97. The van der Waals surface area contributed by atoms with Crippen LogP contribution in [0.1, 0.15) is 6.92 Å². The van der Waals surface area contributed by atoms with Gasteiger partial charge in [-0.2, -0.15) is 0 Å². The normalized spacial score (nSPS) is 8.79. The lowest BCUT2D eigenvalue weighted by Crippen LogP contribution is -2.04. The van der Waals surface area contributed by atoms with E-state index in [-0.39, 0.29) is 5.15 Å². The molecule has 0 amide bonds. The van der Waals surface area contributed by atoms with Gasteiger partial charge in [-0.25, -0.2) is 9.97 Å². The van der Waals surface area contributed by atoms with Crippen molar-refractivity contribution < 1.29 is 4.74 Å². The lowest BCUT2D eigenvalue weighted by molar-refractivity contribution is 0.413. The molecule has 0 saturated carbocycles. The third kappa shape index (κ3) is 2.51. The molecule has 1 heterocycles. The maximum atomic E-state index is 5.79. The number of hydrogen-bond acceptors (Lipinski definition) is 4. The van der Waals surface area contributed by atoms with E-state index in [1.165, 1.54) is 13.4 Å². The van der Waals surface area contributed by atoms with Gasteiger partial charge in [0.2, 0.25) is 0 Å². The number of anilines is 1. The number of rotatable bonds is 3. The van der Waals surface area contributed by atoms with Crippen LogP contribution >= 0.6 is 11.6 Å². The standard InChI is InChI=1S/C9H10ClN3O/c1-3-4-5-11-9-7(14-2)8(10)12-6-13-9/h6H,5H2,1-2H3,(H,11,12,13). The first-order valence-corrected chi connectivity index (χ1v) is 4.35. The Kier molecular flexibility index (Phi) is 4.02. The van der Waals surface area contributed by atoms with E-state index in [0.717, 1.165) is 0 Å². The van der Waals surface area contributed by atoms with E-state index in [0.29, 0.717) is 18.1 Å². The van der Waals surface area contributed by atoms with Crippen LogP contribution in [0.15, 0.2) is 6.33 Å². The minimum atomic E-state index is 0.287. The zero-order valence-corrected chi connectivity index (χ0v) is 8.72. The smallest absolute Gasteiger partial charge is 0.198 e. The molecule has 0 atom stereocenters. The molecule has 0 unspecified atom stereocenters. The van der Waals surface area contributed by atoms with Crippen molar-refractivity contribution >= 4 is 17.4 Å². The molecule has 1 N–H and O–H groups in total. The van der Waals surface area contributed by atoms with E-state index in [9.17, 15) is 0 Å². The average molecular weight is 212 g/mol. The van der Waals surface area contributed by atoms with Crippen molar-refractivity contribution in [2.45, 2.75) is 6.92 Å². The molecule has 0 aliphatic heterocycles. The monoisotopic (exact) mass is 211 g/mol. The molecule has 0 saturated heterocycles. The number of hydrogen-bond donors (Lipinski definition) is 1. The molecule has 1 aromatic rings. The van der Waals surface area contributed by atoms with Crippen molar-refractivity contribution in [1.29, 1.82) is 0 Å². The topological polar surface area (TPSA) is 47.0 Å². The molecule has 1 rings (SSSR count). The van der Waals surface area contributed by atoms with Crippen molar-refractivity contribution in [1.82, 2.24) is 9.97 Å². The number of halogens is 1. The van der Waals surface area contributed by atoms with Crippen molar-refractivity contribution in [2.75, 3.05) is 19.0 Å². The van der Waals surface area contributed by atoms with Crippen LogP contribution in [0.5, 0.6) is 5.75 Å². The fourth-order valence-corrected chi connectivity index (χ4v) is 1.09. The molecular formula is C9H10ClN3O. The van der Waals surface area contributed by atoms with E-state index in [2.05, 4.69) is 27.1 Å². The highest BCUT2D eigenvalue weighted by atomic mass is 35.5. The zero-order chi connectivity index (χ0) is 10.4. The molecule has 0 radical (unpaired) electrons. The average Bonchev–Trinajstić information content (AvgIpc) is 2.18. The molecule has 0 bridgehead atoms. The molecule has 0 aromatic carbocycles. The summed E-state index contributed by atoms with van der Waals surface area (Å²) in [6.07, 6.45) is 1.37. The van der Waals surface area contributed by atoms with Gasteiger partial charge in [0.15, 0.2) is 16.7 Å². The number of nitrogens with one attached hydrogen (secondary N) is 1. The van der Waals surface area contributed by atoms with E-state index < -0.39 is 0 Å². The molecule has 14 heavy (non-hydrogen) atoms. The van der Waals surface area contributed by atoms with Gasteiger partial charge >= 0.3 is 0 Å². The van der Waals surface area contributed by atoms with Crippen molar-refractivity contribution in [3.63, 3.8) is 0 Å². The Hall–Kier alpha value is -1.47. The van der Waals surface area contributed by atoms with Crippen LogP contribution in [0.4, 0.5) is 5.82 Å². The highest BCUT2D eigenvalue weighted by molar-refractivity contribution is 6.31. The lowest BCUT2D eigenvalue weighted by atomic mass is 10.5. The third-order valence-corrected chi connectivity index (χ3v) is 1.75. The molecule has 0 spiro atoms. The van der Waals surface area contributed by atoms with E-state index in [1.54, 1.807) is 6.92 Å². The second-order valence-electron chi connectivity index (χ2n) is 2.33. The van der Waals surface area contributed by atoms with Crippen LogP contribution in [0.25, 0.3) is 0 Å². The molecule has 1 aromatic heterocycles. The van der Waals surface area contributed by atoms with Crippen LogP contribution in [0.2, 0.25) is 5.15 Å². The predicted molar refractivity (Wildman–Crippen MR) is 55.5 cm³/mol. The summed E-state index contributed by atoms with van der Waals surface area (Å²) in [4.78, 5) is 7.77. The molecule has 0 fully saturated rings. The lowest BCUT2D eigenvalue weighted by Gasteiger charge is -2.07. The van der Waals surface area contributed by atoms with Crippen LogP contribution in [-0.4, -0.2) is 23.6 Å². The van der Waals surface area contributed by atoms with Crippen molar-refractivity contribution in [3.05, 3.63) is 11.5 Å². The largest absolute Gasteiger partial charge is 0.490 e. The van der Waals surface area contributed by atoms with Crippen LogP contribution in [-0.2, 0) is 0 Å². The Bertz CT molecular complexity index is 370. The van der Waals surface area contributed by atoms with Crippen LogP contribution in [0.3, 0.4) is 0 Å². The zero-order valence-electron chi connectivity index (χ0n) is 7.97. The van der Waals surface area contributed by atoms with E-state index in [4.69, 9.17) is 16.3 Å². The Morgan fingerprint density at radius 3 is 3.00 bits per heavy atom. The van der Waals surface area contributed by atoms with Gasteiger partial charge in [0.05, 0.1) is 13.7 Å². The third-order valence-electron chi connectivity index (χ3n) is 1.49. The van der Waals surface area contributed by atoms with Gasteiger partial charge < -0.3 is 10.1 Å². The first-order chi connectivity index (χ1) is 6.79. The van der Waals surface area contributed by atoms with E-state index >= 15 is 0 Å². The number of ether oxygens (including phenoxy) is 1. The molecule has 74 valence electrons. The second kappa shape index (κ2) is 5.30. The predicted octanol–water partition coefficient (Wildman–Crippen LogP) is 1.57. The number of aromatic nitrogens is 2. The minimum Gasteiger partial charge on any atom is -0.490 e. The first kappa shape index (κ1) is 10.6. The SMILES string of the molecule is CC#CCNc1ncnc(Cl)c1OC. The molecule has 0 aliphatic carbocycles. The second-order valence-corrected chi connectivity index (χ2v) is 2.68. The van der Waals surface area contributed by atoms with E-state index in [1.807, 2.05) is 0 Å². The van der Waals surface area contributed by atoms with Gasteiger partial charge in [0.1, 0.15) is 6.33 Å². The fourth-order valence-electron chi connectivity index (χ4n) is 0.875. The van der Waals surface area contributed by atoms with Gasteiger partial charge in [0, 0.05) is 0 Å². The molecular weight excluding hydrogens is 202 g/mol. The summed E-state index contributed by atoms with van der Waals surface area (Å²) in [5.74, 6) is 6.60. The summed E-state index contributed by atoms with van der Waals surface area (Å²) in [7, 11) is 1.52. The highest BCUT2D eigenvalue weighted by Crippen LogP contribution is 2.27. The summed E-state index contributed by atoms with van der Waals surface area (Å²) in [6, 6.07) is 0. The minimum absolute atomic E-state index is 0.287. The maximum absolute atomic E-state index is 5.79. The number of nitrogens with zero attached hydrogens (tertiary/aromatic N) is 2. The Morgan fingerprint density at radius 2 is 2.36 bits per heavy atom. The van der Waals surface area contributed by atoms with Gasteiger partial charge in [-0.3, -0.25) is 0 Å². The summed E-state index contributed by atoms with van der Waals surface area (Å²) in [6.45, 7) is 2.27. The van der Waals surface area contributed by atoms with Gasteiger partial charge in [0.25, 0.3) is 0 Å². The molecule has 5 heteroatoms. The molecule has 4 nitrogen and oxygen atoms in total. The van der Waals surface area contributed by atoms with Gasteiger partial charge in [-0.1, -0.05) is 17.5 Å². The summed E-state index contributed by atoms with van der Waals surface area (Å²) in [5, 5.41) is 3.26. The summed E-state index contributed by atoms with van der Waals surface area (Å²) >= 11 is 5.79. The number of methoxy groups -OCH3 is 1. The Labute approximate surface area is 87.7 Å². The van der Waals surface area contributed by atoms with Gasteiger partial charge in [-0.05, 0) is 6.92 Å². The van der Waals surface area contributed by atoms with Crippen LogP contribution < -0.4 is 10.1 Å². The maximum Gasteiger partial charge on any atom is 0.198 e.